The van der Waals surface area contributed by atoms with E-state index in [4.69, 9.17) is 5.73 Å². The molecule has 0 spiro atoms. The Morgan fingerprint density at radius 3 is 2.65 bits per heavy atom. The summed E-state index contributed by atoms with van der Waals surface area (Å²) in [6, 6.07) is 0. The average Bonchev–Trinajstić information content (AvgIpc) is 2.40. The first kappa shape index (κ1) is 14.5. The van der Waals surface area contributed by atoms with Gasteiger partial charge in [-0.15, -0.1) is 0 Å². The number of hydrogen-bond acceptors (Lipinski definition) is 3. The van der Waals surface area contributed by atoms with E-state index in [-0.39, 0.29) is 11.3 Å². The van der Waals surface area contributed by atoms with Crippen molar-refractivity contribution in [2.75, 3.05) is 26.2 Å². The Labute approximate surface area is 105 Å². The van der Waals surface area contributed by atoms with Crippen LogP contribution in [0.15, 0.2) is 0 Å². The summed E-state index contributed by atoms with van der Waals surface area (Å²) in [5.74, 6) is 0.715. The first-order valence-corrected chi connectivity index (χ1v) is 6.87. The number of rotatable bonds is 6. The van der Waals surface area contributed by atoms with Crippen molar-refractivity contribution in [2.24, 2.45) is 17.1 Å². The molecular weight excluding hydrogens is 214 g/mol. The van der Waals surface area contributed by atoms with Crippen molar-refractivity contribution in [2.45, 2.75) is 39.5 Å². The monoisotopic (exact) mass is 241 g/mol. The van der Waals surface area contributed by atoms with E-state index in [1.165, 1.54) is 12.8 Å². The Bertz CT molecular complexity index is 225. The minimum absolute atomic E-state index is 0.135. The van der Waals surface area contributed by atoms with Crippen LogP contribution in [0.4, 0.5) is 0 Å². The van der Waals surface area contributed by atoms with Gasteiger partial charge in [-0.1, -0.05) is 13.8 Å². The second kappa shape index (κ2) is 6.97. The lowest BCUT2D eigenvalue weighted by Crippen LogP contribution is -2.47. The molecule has 1 saturated heterocycles. The predicted molar refractivity (Wildman–Crippen MR) is 70.7 cm³/mol. The van der Waals surface area contributed by atoms with Crippen molar-refractivity contribution in [3.8, 4) is 0 Å². The Morgan fingerprint density at radius 2 is 2.18 bits per heavy atom. The maximum absolute atomic E-state index is 12.2. The van der Waals surface area contributed by atoms with Crippen molar-refractivity contribution in [3.63, 3.8) is 0 Å². The molecule has 1 aliphatic heterocycles. The van der Waals surface area contributed by atoms with Gasteiger partial charge in [0, 0.05) is 13.1 Å². The fraction of sp³-hybridized carbons (Fsp3) is 0.923. The zero-order valence-corrected chi connectivity index (χ0v) is 11.2. The zero-order valence-electron chi connectivity index (χ0n) is 11.2. The maximum atomic E-state index is 12.2. The summed E-state index contributed by atoms with van der Waals surface area (Å²) in [6.45, 7) is 7.44. The smallest absolute Gasteiger partial charge is 0.227 e. The van der Waals surface area contributed by atoms with Crippen molar-refractivity contribution in [1.29, 1.82) is 0 Å². The van der Waals surface area contributed by atoms with Crippen molar-refractivity contribution < 1.29 is 4.79 Å². The molecule has 4 heteroatoms. The number of amides is 1. The second-order valence-corrected chi connectivity index (χ2v) is 5.11. The first-order valence-electron chi connectivity index (χ1n) is 6.87. The molecular formula is C13H27N3O. The quantitative estimate of drug-likeness (QED) is 0.646. The Kier molecular flexibility index (Phi) is 5.92. The number of carbonyl (C=O) groups excluding carboxylic acids is 1. The number of carbonyl (C=O) groups is 1. The summed E-state index contributed by atoms with van der Waals surface area (Å²) in [5, 5.41) is 6.45. The average molecular weight is 241 g/mol. The molecule has 1 aliphatic rings. The molecule has 0 aromatic carbocycles. The number of piperidine rings is 1. The molecule has 1 fully saturated rings. The summed E-state index contributed by atoms with van der Waals surface area (Å²) in [6.07, 6.45) is 4.05. The highest BCUT2D eigenvalue weighted by atomic mass is 16.2. The lowest BCUT2D eigenvalue weighted by molar-refractivity contribution is -0.131. The third-order valence-electron chi connectivity index (χ3n) is 4.18. The molecule has 1 amide bonds. The molecule has 1 unspecified atom stereocenters. The molecule has 0 radical (unpaired) electrons. The van der Waals surface area contributed by atoms with Crippen molar-refractivity contribution >= 4 is 5.91 Å². The minimum Gasteiger partial charge on any atom is -0.355 e. The number of nitrogens with two attached hydrogens (primary N) is 1. The normalized spacial score (nSPS) is 21.2. The van der Waals surface area contributed by atoms with Gasteiger partial charge in [-0.25, -0.2) is 0 Å². The van der Waals surface area contributed by atoms with Crippen LogP contribution in [0.5, 0.6) is 0 Å². The number of hydrogen-bond donors (Lipinski definition) is 3. The highest BCUT2D eigenvalue weighted by molar-refractivity contribution is 5.82. The molecule has 0 bridgehead atoms. The molecule has 4 nitrogen and oxygen atoms in total. The van der Waals surface area contributed by atoms with E-state index in [0.29, 0.717) is 12.5 Å². The number of nitrogens with one attached hydrogen (secondary N) is 2. The van der Waals surface area contributed by atoms with Gasteiger partial charge < -0.3 is 16.4 Å². The van der Waals surface area contributed by atoms with Crippen LogP contribution in [-0.2, 0) is 4.79 Å². The van der Waals surface area contributed by atoms with Crippen LogP contribution < -0.4 is 16.4 Å². The maximum Gasteiger partial charge on any atom is 0.227 e. The van der Waals surface area contributed by atoms with Crippen LogP contribution >= 0.6 is 0 Å². The zero-order chi connectivity index (χ0) is 12.7. The van der Waals surface area contributed by atoms with Crippen LogP contribution in [0.25, 0.3) is 0 Å². The van der Waals surface area contributed by atoms with Gasteiger partial charge in [0.1, 0.15) is 0 Å². The third-order valence-corrected chi connectivity index (χ3v) is 4.18. The Balaban J connectivity index is 2.41. The van der Waals surface area contributed by atoms with Crippen LogP contribution in [0.3, 0.4) is 0 Å². The topological polar surface area (TPSA) is 67.2 Å². The molecule has 17 heavy (non-hydrogen) atoms. The summed E-state index contributed by atoms with van der Waals surface area (Å²) < 4.78 is 0. The van der Waals surface area contributed by atoms with E-state index in [9.17, 15) is 4.79 Å². The first-order chi connectivity index (χ1) is 8.18. The van der Waals surface area contributed by atoms with Gasteiger partial charge in [0.2, 0.25) is 5.91 Å². The van der Waals surface area contributed by atoms with Crippen LogP contribution in [0, 0.1) is 11.3 Å². The molecule has 1 atom stereocenters. The van der Waals surface area contributed by atoms with Crippen LogP contribution in [0.2, 0.25) is 0 Å². The van der Waals surface area contributed by atoms with Gasteiger partial charge in [0.25, 0.3) is 0 Å². The molecule has 1 rings (SSSR count). The van der Waals surface area contributed by atoms with E-state index in [1.54, 1.807) is 0 Å². The third kappa shape index (κ3) is 3.68. The highest BCUT2D eigenvalue weighted by Crippen LogP contribution is 2.25. The Morgan fingerprint density at radius 1 is 1.47 bits per heavy atom. The van der Waals surface area contributed by atoms with Gasteiger partial charge in [-0.2, -0.15) is 0 Å². The van der Waals surface area contributed by atoms with E-state index in [1.807, 2.05) is 13.8 Å². The van der Waals surface area contributed by atoms with E-state index >= 15 is 0 Å². The lowest BCUT2D eigenvalue weighted by Gasteiger charge is -2.30. The van der Waals surface area contributed by atoms with Gasteiger partial charge in [-0.05, 0) is 44.7 Å². The summed E-state index contributed by atoms with van der Waals surface area (Å²) in [4.78, 5) is 12.2. The Hall–Kier alpha value is -0.610. The van der Waals surface area contributed by atoms with E-state index in [0.717, 1.165) is 32.5 Å². The highest BCUT2D eigenvalue weighted by Gasteiger charge is 2.33. The fourth-order valence-electron chi connectivity index (χ4n) is 2.48. The molecule has 0 saturated carbocycles. The van der Waals surface area contributed by atoms with Gasteiger partial charge in [-0.3, -0.25) is 4.79 Å². The molecule has 0 aromatic rings. The minimum atomic E-state index is -0.359. The van der Waals surface area contributed by atoms with E-state index < -0.39 is 0 Å². The molecule has 4 N–H and O–H groups in total. The summed E-state index contributed by atoms with van der Waals surface area (Å²) >= 11 is 0. The molecule has 0 aromatic heterocycles. The standard InChI is InChI=1S/C13H27N3O/c1-3-13(4-2,10-14)12(17)16-9-11-6-5-7-15-8-11/h11,15H,3-10,14H2,1-2H3,(H,16,17). The van der Waals surface area contributed by atoms with Gasteiger partial charge in [0.15, 0.2) is 0 Å². The summed E-state index contributed by atoms with van der Waals surface area (Å²) in [5.41, 5.74) is 5.41. The van der Waals surface area contributed by atoms with Gasteiger partial charge >= 0.3 is 0 Å². The second-order valence-electron chi connectivity index (χ2n) is 5.11. The van der Waals surface area contributed by atoms with Gasteiger partial charge in [0.05, 0.1) is 5.41 Å². The predicted octanol–water partition coefficient (Wildman–Crippen LogP) is 0.867. The molecule has 100 valence electrons. The fourth-order valence-corrected chi connectivity index (χ4v) is 2.48. The molecule has 1 heterocycles. The van der Waals surface area contributed by atoms with Crippen LogP contribution in [0.1, 0.15) is 39.5 Å². The SMILES string of the molecule is CCC(CC)(CN)C(=O)NCC1CCCNC1. The van der Waals surface area contributed by atoms with Crippen LogP contribution in [-0.4, -0.2) is 32.1 Å². The van der Waals surface area contributed by atoms with E-state index in [2.05, 4.69) is 10.6 Å². The lowest BCUT2D eigenvalue weighted by atomic mass is 9.81. The largest absolute Gasteiger partial charge is 0.355 e. The van der Waals surface area contributed by atoms with Crippen molar-refractivity contribution in [3.05, 3.63) is 0 Å². The summed E-state index contributed by atoms with van der Waals surface area (Å²) in [7, 11) is 0. The molecule has 0 aliphatic carbocycles. The van der Waals surface area contributed by atoms with Crippen molar-refractivity contribution in [1.82, 2.24) is 10.6 Å².